The lowest BCUT2D eigenvalue weighted by atomic mass is 9.91. The highest BCUT2D eigenvalue weighted by Crippen LogP contribution is 2.41. The summed E-state index contributed by atoms with van der Waals surface area (Å²) in [6.07, 6.45) is 5.17. The van der Waals surface area contributed by atoms with Gasteiger partial charge in [0.2, 0.25) is 15.9 Å². The van der Waals surface area contributed by atoms with Gasteiger partial charge in [0.25, 0.3) is 0 Å². The molecule has 0 spiro atoms. The van der Waals surface area contributed by atoms with Gasteiger partial charge in [-0.25, -0.2) is 27.3 Å². The van der Waals surface area contributed by atoms with Crippen LogP contribution in [0.2, 0.25) is 0 Å². The molecule has 1 aliphatic heterocycles. The van der Waals surface area contributed by atoms with E-state index in [0.29, 0.717) is 36.2 Å². The van der Waals surface area contributed by atoms with Gasteiger partial charge in [0.15, 0.2) is 11.6 Å². The van der Waals surface area contributed by atoms with Crippen LogP contribution in [0.15, 0.2) is 36.4 Å². The molecule has 0 bridgehead atoms. The maximum Gasteiger partial charge on any atom is 0.227 e. The third kappa shape index (κ3) is 5.25. The summed E-state index contributed by atoms with van der Waals surface area (Å²) in [5.41, 5.74) is 2.24. The molecule has 0 unspecified atom stereocenters. The van der Waals surface area contributed by atoms with E-state index in [1.165, 1.54) is 11.0 Å². The predicted octanol–water partition coefficient (Wildman–Crippen LogP) is 4.49. The summed E-state index contributed by atoms with van der Waals surface area (Å²) in [7, 11) is -2.01. The topological polar surface area (TPSA) is 108 Å². The molecule has 5 rings (SSSR count). The molecular weight excluding hydrogens is 502 g/mol. The molecule has 2 fully saturated rings. The number of ether oxygens (including phenoxy) is 1. The van der Waals surface area contributed by atoms with Gasteiger partial charge < -0.3 is 14.2 Å². The number of benzene rings is 2. The van der Waals surface area contributed by atoms with Crippen molar-refractivity contribution in [3.8, 4) is 0 Å². The van der Waals surface area contributed by atoms with Crippen molar-refractivity contribution in [3.63, 3.8) is 0 Å². The molecule has 2 aromatic carbocycles. The van der Waals surface area contributed by atoms with Crippen molar-refractivity contribution < 1.29 is 26.7 Å². The van der Waals surface area contributed by atoms with Crippen molar-refractivity contribution in [2.75, 3.05) is 12.0 Å². The number of rotatable bonds is 6. The van der Waals surface area contributed by atoms with Gasteiger partial charge in [-0.05, 0) is 68.4 Å². The molecule has 1 aliphatic carbocycles. The summed E-state index contributed by atoms with van der Waals surface area (Å²) < 4.78 is 58.9. The Labute approximate surface area is 214 Å². The zero-order valence-corrected chi connectivity index (χ0v) is 21.4. The first-order chi connectivity index (χ1) is 17.6. The zero-order valence-electron chi connectivity index (χ0n) is 20.6. The number of halogens is 2. The van der Waals surface area contributed by atoms with E-state index in [4.69, 9.17) is 14.9 Å². The highest BCUT2D eigenvalue weighted by molar-refractivity contribution is 7.88. The number of carbonyl (C=O) groups excluding carboxylic acids is 1. The highest BCUT2D eigenvalue weighted by Gasteiger charge is 2.36. The van der Waals surface area contributed by atoms with Crippen LogP contribution in [0.25, 0.3) is 11.0 Å². The molecule has 8 nitrogen and oxygen atoms in total. The second kappa shape index (κ2) is 10.1. The lowest BCUT2D eigenvalue weighted by Gasteiger charge is -2.37. The van der Waals surface area contributed by atoms with E-state index in [2.05, 4.69) is 4.57 Å². The van der Waals surface area contributed by atoms with Gasteiger partial charge in [-0.3, -0.25) is 4.79 Å². The number of nitrogens with zero attached hydrogens (tertiary/aromatic N) is 3. The van der Waals surface area contributed by atoms with Gasteiger partial charge >= 0.3 is 0 Å². The number of imidazole rings is 1. The van der Waals surface area contributed by atoms with E-state index in [1.807, 2.05) is 6.07 Å². The largest absolute Gasteiger partial charge is 0.381 e. The quantitative estimate of drug-likeness (QED) is 0.503. The van der Waals surface area contributed by atoms with Crippen molar-refractivity contribution in [1.82, 2.24) is 9.55 Å². The van der Waals surface area contributed by atoms with Crippen LogP contribution >= 0.6 is 0 Å². The molecule has 0 radical (unpaired) electrons. The molecule has 2 heterocycles. The number of fused-ring (bicyclic) bond motifs is 1. The average Bonchev–Trinajstić information content (AvgIpc) is 3.23. The number of sulfonamides is 1. The van der Waals surface area contributed by atoms with Crippen molar-refractivity contribution in [2.24, 2.45) is 5.14 Å². The molecule has 2 N–H and O–H groups in total. The number of anilines is 1. The van der Waals surface area contributed by atoms with E-state index in [-0.39, 0.29) is 29.5 Å². The Kier molecular flexibility index (Phi) is 7.03. The SMILES string of the molecule is CO[C@H]1CC[C@H](n2c([C@@H]3CCCC(=O)N3c3ccc(F)c(F)c3)nc3cc(CS(N)(=O)=O)ccc32)CC1. The molecule has 2 aliphatic rings. The van der Waals surface area contributed by atoms with E-state index in [9.17, 15) is 22.0 Å². The number of nitrogens with two attached hydrogens (primary N) is 1. The number of methoxy groups -OCH3 is 1. The first-order valence-corrected chi connectivity index (χ1v) is 14.2. The number of primary sulfonamides is 1. The zero-order chi connectivity index (χ0) is 26.3. The summed E-state index contributed by atoms with van der Waals surface area (Å²) in [4.78, 5) is 19.6. The number of piperidine rings is 1. The Morgan fingerprint density at radius 2 is 1.81 bits per heavy atom. The van der Waals surface area contributed by atoms with Crippen LogP contribution in [0.3, 0.4) is 0 Å². The van der Waals surface area contributed by atoms with Gasteiger partial charge in [0.05, 0.1) is 28.9 Å². The van der Waals surface area contributed by atoms with E-state index < -0.39 is 27.7 Å². The second-order valence-corrected chi connectivity index (χ2v) is 11.5. The Bertz CT molecular complexity index is 1430. The van der Waals surface area contributed by atoms with Crippen molar-refractivity contribution in [2.45, 2.75) is 68.9 Å². The minimum atomic E-state index is -3.73. The van der Waals surface area contributed by atoms with Crippen LogP contribution < -0.4 is 10.0 Å². The fourth-order valence-electron chi connectivity index (χ4n) is 5.72. The average molecular weight is 533 g/mol. The number of carbonyl (C=O) groups is 1. The second-order valence-electron chi connectivity index (χ2n) is 9.91. The first kappa shape index (κ1) is 25.7. The Hall–Kier alpha value is -2.89. The van der Waals surface area contributed by atoms with Gasteiger partial charge in [0, 0.05) is 31.3 Å². The van der Waals surface area contributed by atoms with Gasteiger partial charge in [-0.15, -0.1) is 0 Å². The van der Waals surface area contributed by atoms with Crippen molar-refractivity contribution in [3.05, 3.63) is 59.4 Å². The number of aromatic nitrogens is 2. The Balaban J connectivity index is 1.63. The van der Waals surface area contributed by atoms with Crippen LogP contribution in [-0.2, 0) is 25.3 Å². The molecule has 37 heavy (non-hydrogen) atoms. The number of amides is 1. The summed E-state index contributed by atoms with van der Waals surface area (Å²) in [6.45, 7) is 0. The molecule has 11 heteroatoms. The Morgan fingerprint density at radius 1 is 1.05 bits per heavy atom. The molecule has 1 saturated carbocycles. The summed E-state index contributed by atoms with van der Waals surface area (Å²) >= 11 is 0. The minimum Gasteiger partial charge on any atom is -0.381 e. The Morgan fingerprint density at radius 3 is 2.49 bits per heavy atom. The summed E-state index contributed by atoms with van der Waals surface area (Å²) in [5.74, 6) is -1.84. The van der Waals surface area contributed by atoms with Gasteiger partial charge in [0.1, 0.15) is 5.82 Å². The van der Waals surface area contributed by atoms with Crippen LogP contribution in [-0.4, -0.2) is 37.1 Å². The third-order valence-corrected chi connectivity index (χ3v) is 8.15. The van der Waals surface area contributed by atoms with Gasteiger partial charge in [-0.2, -0.15) is 0 Å². The van der Waals surface area contributed by atoms with Crippen LogP contribution in [0, 0.1) is 11.6 Å². The maximum atomic E-state index is 14.2. The smallest absolute Gasteiger partial charge is 0.227 e. The molecule has 1 atom stereocenters. The fourth-order valence-corrected chi connectivity index (χ4v) is 6.36. The standard InChI is InChI=1S/C26H30F2N4O4S/c1-36-19-9-6-17(7-10-19)32-23-12-5-16(15-37(29,34)35)13-22(23)30-26(32)24-3-2-4-25(33)31(24)18-8-11-20(27)21(28)14-18/h5,8,11-14,17,19,24H,2-4,6-7,9-10,15H2,1H3,(H2,29,34,35)/t17-,19-,24-/m0/s1. The highest BCUT2D eigenvalue weighted by atomic mass is 32.2. The molecule has 3 aromatic rings. The number of hydrogen-bond acceptors (Lipinski definition) is 5. The maximum absolute atomic E-state index is 14.2. The minimum absolute atomic E-state index is 0.0966. The third-order valence-electron chi connectivity index (χ3n) is 7.42. The van der Waals surface area contributed by atoms with E-state index in [1.54, 1.807) is 19.2 Å². The molecule has 1 aromatic heterocycles. The predicted molar refractivity (Wildman–Crippen MR) is 135 cm³/mol. The van der Waals surface area contributed by atoms with Crippen molar-refractivity contribution >= 4 is 32.7 Å². The molecule has 1 saturated heterocycles. The molecule has 1 amide bonds. The number of hydrogen-bond donors (Lipinski definition) is 1. The lowest BCUT2D eigenvalue weighted by Crippen LogP contribution is -2.40. The summed E-state index contributed by atoms with van der Waals surface area (Å²) in [5, 5.41) is 5.26. The van der Waals surface area contributed by atoms with Crippen LogP contribution in [0.1, 0.15) is 68.4 Å². The fraction of sp³-hybridized carbons (Fsp3) is 0.462. The summed E-state index contributed by atoms with van der Waals surface area (Å²) in [6, 6.07) is 8.39. The molecular formula is C26H30F2N4O4S. The van der Waals surface area contributed by atoms with E-state index >= 15 is 0 Å². The van der Waals surface area contributed by atoms with Gasteiger partial charge in [-0.1, -0.05) is 6.07 Å². The monoisotopic (exact) mass is 532 g/mol. The van der Waals surface area contributed by atoms with E-state index in [0.717, 1.165) is 43.3 Å². The first-order valence-electron chi connectivity index (χ1n) is 12.5. The van der Waals surface area contributed by atoms with Crippen molar-refractivity contribution in [1.29, 1.82) is 0 Å². The lowest BCUT2D eigenvalue weighted by molar-refractivity contribution is -0.120. The normalized spacial score (nSPS) is 23.1. The van der Waals surface area contributed by atoms with Crippen LogP contribution in [0.5, 0.6) is 0 Å². The van der Waals surface area contributed by atoms with Crippen LogP contribution in [0.4, 0.5) is 14.5 Å². The molecule has 198 valence electrons.